The van der Waals surface area contributed by atoms with E-state index in [1.807, 2.05) is 0 Å². The number of benzene rings is 1. The van der Waals surface area contributed by atoms with Crippen LogP contribution in [0.5, 0.6) is 0 Å². The molecule has 0 aliphatic rings. The summed E-state index contributed by atoms with van der Waals surface area (Å²) in [6.45, 7) is 0.913. The lowest BCUT2D eigenvalue weighted by Crippen LogP contribution is -2.40. The van der Waals surface area contributed by atoms with Crippen molar-refractivity contribution < 1.29 is 31.2 Å². The van der Waals surface area contributed by atoms with Crippen LogP contribution in [-0.2, 0) is 32.3 Å². The first-order valence-corrected chi connectivity index (χ1v) is 13.0. The summed E-state index contributed by atoms with van der Waals surface area (Å²) in [5, 5.41) is 8.03. The summed E-state index contributed by atoms with van der Waals surface area (Å²) in [7, 11) is -2.35. The minimum atomic E-state index is -4.79. The zero-order valence-corrected chi connectivity index (χ0v) is 21.8. The summed E-state index contributed by atoms with van der Waals surface area (Å²) < 4.78 is 66.0. The zero-order chi connectivity index (χ0) is 29.0. The summed E-state index contributed by atoms with van der Waals surface area (Å²) in [5.74, 6) is -2.14. The Kier molecular flexibility index (Phi) is 8.58. The molecule has 1 amide bonds. The Morgan fingerprint density at radius 3 is 2.44 bits per heavy atom. The molecule has 12 nitrogen and oxygen atoms in total. The van der Waals surface area contributed by atoms with Gasteiger partial charge in [-0.2, -0.15) is 18.2 Å². The Morgan fingerprint density at radius 1 is 1.13 bits per heavy atom. The van der Waals surface area contributed by atoms with Gasteiger partial charge in [-0.25, -0.2) is 13.4 Å². The van der Waals surface area contributed by atoms with E-state index >= 15 is 0 Å². The summed E-state index contributed by atoms with van der Waals surface area (Å²) in [4.78, 5) is 35.0. The zero-order valence-electron chi connectivity index (χ0n) is 20.9. The number of carbonyl (C=O) groups excluding carboxylic acids is 2. The number of sulfonamides is 1. The highest BCUT2D eigenvalue weighted by Gasteiger charge is 2.35. The first-order chi connectivity index (χ1) is 18.2. The van der Waals surface area contributed by atoms with Crippen LogP contribution in [0.15, 0.2) is 48.8 Å². The van der Waals surface area contributed by atoms with Crippen LogP contribution in [0, 0.1) is 0 Å². The maximum atomic E-state index is 13.7. The summed E-state index contributed by atoms with van der Waals surface area (Å²) in [5.41, 5.74) is 5.10. The molecule has 0 spiro atoms. The van der Waals surface area contributed by atoms with Crippen LogP contribution in [-0.4, -0.2) is 54.4 Å². The Labute approximate surface area is 221 Å². The quantitative estimate of drug-likeness (QED) is 0.253. The van der Waals surface area contributed by atoms with Crippen LogP contribution >= 0.6 is 0 Å². The lowest BCUT2D eigenvalue weighted by atomic mass is 10.1. The minimum absolute atomic E-state index is 0.167. The average molecular weight is 567 g/mol. The molecule has 0 saturated heterocycles. The molecule has 3 rings (SSSR count). The monoisotopic (exact) mass is 566 g/mol. The third kappa shape index (κ3) is 7.53. The largest absolute Gasteiger partial charge is 0.421 e. The van der Waals surface area contributed by atoms with Gasteiger partial charge >= 0.3 is 6.18 Å². The van der Waals surface area contributed by atoms with Crippen molar-refractivity contribution in [1.29, 1.82) is 0 Å². The van der Waals surface area contributed by atoms with Crippen molar-refractivity contribution in [3.63, 3.8) is 0 Å². The summed E-state index contributed by atoms with van der Waals surface area (Å²) in [6, 6.07) is 7.87. The van der Waals surface area contributed by atoms with Crippen molar-refractivity contribution in [1.82, 2.24) is 15.0 Å². The van der Waals surface area contributed by atoms with E-state index in [1.54, 1.807) is 18.2 Å². The summed E-state index contributed by atoms with van der Waals surface area (Å²) >= 11 is 0. The van der Waals surface area contributed by atoms with Gasteiger partial charge in [0.05, 0.1) is 24.2 Å². The third-order valence-corrected chi connectivity index (χ3v) is 6.53. The first kappa shape index (κ1) is 29.1. The van der Waals surface area contributed by atoms with Crippen LogP contribution in [0.25, 0.3) is 0 Å². The molecule has 0 aliphatic heterocycles. The van der Waals surface area contributed by atoms with E-state index in [0.29, 0.717) is 17.6 Å². The van der Waals surface area contributed by atoms with Crippen molar-refractivity contribution in [2.24, 2.45) is 5.73 Å². The van der Waals surface area contributed by atoms with Crippen LogP contribution in [0.1, 0.15) is 18.2 Å². The molecule has 1 atom stereocenters. The van der Waals surface area contributed by atoms with E-state index in [1.165, 1.54) is 38.4 Å². The van der Waals surface area contributed by atoms with E-state index < -0.39 is 45.3 Å². The molecule has 208 valence electrons. The molecule has 39 heavy (non-hydrogen) atoms. The predicted molar refractivity (Wildman–Crippen MR) is 139 cm³/mol. The molecule has 0 fully saturated rings. The highest BCUT2D eigenvalue weighted by Crippen LogP contribution is 2.34. The number of nitrogens with zero attached hydrogens (tertiary/aromatic N) is 4. The Balaban J connectivity index is 1.88. The molecule has 16 heteroatoms. The van der Waals surface area contributed by atoms with Crippen molar-refractivity contribution in [2.45, 2.75) is 25.7 Å². The lowest BCUT2D eigenvalue weighted by molar-refractivity contribution is -0.137. The average Bonchev–Trinajstić information content (AvgIpc) is 2.84. The highest BCUT2D eigenvalue weighted by molar-refractivity contribution is 7.92. The van der Waals surface area contributed by atoms with E-state index in [2.05, 4.69) is 30.9 Å². The van der Waals surface area contributed by atoms with Crippen molar-refractivity contribution in [3.05, 3.63) is 60.0 Å². The molecule has 0 saturated carbocycles. The number of carbonyl (C=O) groups is 2. The first-order valence-electron chi connectivity index (χ1n) is 11.2. The second-order valence-corrected chi connectivity index (χ2v) is 10.3. The molecule has 0 bridgehead atoms. The number of anilines is 5. The number of primary amides is 1. The Bertz CT molecular complexity index is 1470. The Morgan fingerprint density at radius 2 is 1.82 bits per heavy atom. The summed E-state index contributed by atoms with van der Waals surface area (Å²) in [6.07, 6.45) is -1.83. The fourth-order valence-corrected chi connectivity index (χ4v) is 3.86. The number of rotatable bonds is 11. The molecule has 2 aromatic heterocycles. The number of Topliss-reactive ketones (excluding diaryl/α,β-unsaturated/α-hetero) is 1. The number of hydrogen-bond acceptors (Lipinski definition) is 10. The number of alkyl halides is 3. The van der Waals surface area contributed by atoms with Gasteiger partial charge in [-0.3, -0.25) is 18.9 Å². The van der Waals surface area contributed by atoms with Crippen LogP contribution in [0.2, 0.25) is 0 Å². The van der Waals surface area contributed by atoms with Gasteiger partial charge in [-0.05, 0) is 37.3 Å². The lowest BCUT2D eigenvalue weighted by Gasteiger charge is -2.20. The SMILES string of the molecule is CC(=O)C(Nc1cccc(Nc2ncc(C(F)(F)F)c(NCc3ncccc3N(C)S(C)(=O)=O)n2)c1)C(N)=O. The number of amides is 1. The number of nitrogens with one attached hydrogen (secondary N) is 3. The second kappa shape index (κ2) is 11.5. The van der Waals surface area contributed by atoms with Crippen molar-refractivity contribution in [2.75, 3.05) is 33.6 Å². The van der Waals surface area contributed by atoms with Gasteiger partial charge in [0.2, 0.25) is 21.9 Å². The molecular weight excluding hydrogens is 541 g/mol. The molecule has 3 aromatic rings. The fraction of sp³-hybridized carbons (Fsp3) is 0.261. The highest BCUT2D eigenvalue weighted by atomic mass is 32.2. The maximum Gasteiger partial charge on any atom is 0.421 e. The van der Waals surface area contributed by atoms with Crippen LogP contribution < -0.4 is 26.0 Å². The number of pyridine rings is 1. The van der Waals surface area contributed by atoms with Gasteiger partial charge in [0.25, 0.3) is 0 Å². The molecular formula is C23H25F3N8O4S. The van der Waals surface area contributed by atoms with Crippen LogP contribution in [0.3, 0.4) is 0 Å². The van der Waals surface area contributed by atoms with Gasteiger partial charge in [-0.15, -0.1) is 0 Å². The molecule has 1 unspecified atom stereocenters. The van der Waals surface area contributed by atoms with E-state index in [4.69, 9.17) is 5.73 Å². The van der Waals surface area contributed by atoms with E-state index in [0.717, 1.165) is 10.6 Å². The predicted octanol–water partition coefficient (Wildman–Crippen LogP) is 2.50. The van der Waals surface area contributed by atoms with E-state index in [-0.39, 0.29) is 23.9 Å². The van der Waals surface area contributed by atoms with Gasteiger partial charge in [0.15, 0.2) is 11.8 Å². The van der Waals surface area contributed by atoms with Gasteiger partial charge < -0.3 is 21.7 Å². The van der Waals surface area contributed by atoms with Crippen LogP contribution in [0.4, 0.5) is 42.0 Å². The number of ketones is 1. The van der Waals surface area contributed by atoms with Gasteiger partial charge in [-0.1, -0.05) is 6.07 Å². The molecule has 2 heterocycles. The normalized spacial score (nSPS) is 12.4. The van der Waals surface area contributed by atoms with Crippen molar-refractivity contribution >= 4 is 50.5 Å². The minimum Gasteiger partial charge on any atom is -0.368 e. The molecule has 0 aliphatic carbocycles. The smallest absolute Gasteiger partial charge is 0.368 e. The third-order valence-electron chi connectivity index (χ3n) is 5.34. The van der Waals surface area contributed by atoms with E-state index in [9.17, 15) is 31.2 Å². The van der Waals surface area contributed by atoms with Gasteiger partial charge in [0.1, 0.15) is 11.4 Å². The van der Waals surface area contributed by atoms with Gasteiger partial charge in [0, 0.05) is 30.8 Å². The molecule has 5 N–H and O–H groups in total. The number of aromatic nitrogens is 3. The number of hydrogen-bond donors (Lipinski definition) is 4. The fourth-order valence-electron chi connectivity index (χ4n) is 3.34. The molecule has 1 aromatic carbocycles. The topological polar surface area (TPSA) is 172 Å². The Hall–Kier alpha value is -4.47. The van der Waals surface area contributed by atoms with Crippen molar-refractivity contribution in [3.8, 4) is 0 Å². The maximum absolute atomic E-state index is 13.7. The second-order valence-electron chi connectivity index (χ2n) is 8.30. The number of nitrogens with two attached hydrogens (primary N) is 1. The number of halogens is 3. The standard InChI is InChI=1S/C23H25F3N8O4S/c1-13(35)19(20(27)36)31-14-6-4-7-15(10-14)32-22-30-11-16(23(24,25)26)21(33-22)29-12-17-18(8-5-9-28-17)34(2)39(3,37)38/h4-11,19,31H,12H2,1-3H3,(H2,27,36)(H2,29,30,32,33). The molecule has 0 radical (unpaired) electrons.